The lowest BCUT2D eigenvalue weighted by molar-refractivity contribution is -0.119. The fourth-order valence-electron chi connectivity index (χ4n) is 2.14. The van der Waals surface area contributed by atoms with Crippen LogP contribution in [0.3, 0.4) is 0 Å². The molecule has 1 aromatic carbocycles. The summed E-state index contributed by atoms with van der Waals surface area (Å²) >= 11 is 0. The van der Waals surface area contributed by atoms with Gasteiger partial charge in [0, 0.05) is 20.8 Å². The average Bonchev–Trinajstić information content (AvgIpc) is 2.38. The van der Waals surface area contributed by atoms with Gasteiger partial charge in [0.2, 0.25) is 0 Å². The van der Waals surface area contributed by atoms with E-state index in [4.69, 9.17) is 9.47 Å². The molecule has 0 aliphatic heterocycles. The summed E-state index contributed by atoms with van der Waals surface area (Å²) in [6.45, 7) is 7.37. The molecule has 19 heavy (non-hydrogen) atoms. The molecule has 0 spiro atoms. The van der Waals surface area contributed by atoms with Crippen LogP contribution in [0.4, 0.5) is 0 Å². The van der Waals surface area contributed by atoms with Crippen molar-refractivity contribution in [3.8, 4) is 0 Å². The zero-order chi connectivity index (χ0) is 14.3. The van der Waals surface area contributed by atoms with Crippen LogP contribution < -0.4 is 5.32 Å². The number of rotatable bonds is 8. The molecule has 0 radical (unpaired) electrons. The van der Waals surface area contributed by atoms with Crippen molar-refractivity contribution in [3.63, 3.8) is 0 Å². The Bertz CT molecular complexity index is 344. The number of nitrogens with one attached hydrogen (secondary N) is 1. The molecule has 0 bridgehead atoms. The maximum atomic E-state index is 5.23. The number of methoxy groups -OCH3 is 2. The maximum absolute atomic E-state index is 5.23. The lowest BCUT2D eigenvalue weighted by Crippen LogP contribution is -2.39. The van der Waals surface area contributed by atoms with Gasteiger partial charge in [-0.2, -0.15) is 0 Å². The van der Waals surface area contributed by atoms with Crippen molar-refractivity contribution in [1.82, 2.24) is 5.32 Å². The van der Waals surface area contributed by atoms with E-state index in [1.807, 2.05) is 0 Å². The lowest BCUT2D eigenvalue weighted by atomic mass is 10.0. The molecule has 3 nitrogen and oxygen atoms in total. The highest BCUT2D eigenvalue weighted by Gasteiger charge is 2.14. The molecule has 0 fully saturated rings. The van der Waals surface area contributed by atoms with E-state index in [1.54, 1.807) is 14.2 Å². The van der Waals surface area contributed by atoms with E-state index in [9.17, 15) is 0 Å². The summed E-state index contributed by atoms with van der Waals surface area (Å²) in [7, 11) is 3.32. The van der Waals surface area contributed by atoms with E-state index in [0.717, 1.165) is 13.0 Å². The Morgan fingerprint density at radius 3 is 1.95 bits per heavy atom. The van der Waals surface area contributed by atoms with Crippen LogP contribution in [-0.2, 0) is 22.4 Å². The van der Waals surface area contributed by atoms with Crippen molar-refractivity contribution >= 4 is 0 Å². The molecule has 1 N–H and O–H groups in total. The SMILES string of the molecule is COC(OC)C(C)NCc1ccc(CC(C)C)cc1. The van der Waals surface area contributed by atoms with E-state index in [2.05, 4.69) is 50.4 Å². The molecule has 0 aliphatic rings. The first-order valence-corrected chi connectivity index (χ1v) is 6.93. The minimum Gasteiger partial charge on any atom is -0.354 e. The van der Waals surface area contributed by atoms with Gasteiger partial charge in [0.05, 0.1) is 6.04 Å². The van der Waals surface area contributed by atoms with Crippen LogP contribution in [0.15, 0.2) is 24.3 Å². The summed E-state index contributed by atoms with van der Waals surface area (Å²) in [5, 5.41) is 3.41. The Morgan fingerprint density at radius 2 is 1.47 bits per heavy atom. The molecule has 0 aliphatic carbocycles. The van der Waals surface area contributed by atoms with E-state index in [-0.39, 0.29) is 12.3 Å². The molecule has 1 atom stereocenters. The van der Waals surface area contributed by atoms with Gasteiger partial charge in [0.15, 0.2) is 6.29 Å². The first-order valence-electron chi connectivity index (χ1n) is 6.93. The zero-order valence-electron chi connectivity index (χ0n) is 12.8. The molecule has 1 unspecified atom stereocenters. The third-order valence-corrected chi connectivity index (χ3v) is 3.17. The van der Waals surface area contributed by atoms with Gasteiger partial charge in [0.25, 0.3) is 0 Å². The summed E-state index contributed by atoms with van der Waals surface area (Å²) in [6.07, 6.45) is 0.930. The molecule has 0 saturated carbocycles. The van der Waals surface area contributed by atoms with Crippen molar-refractivity contribution in [2.75, 3.05) is 14.2 Å². The molecule has 1 rings (SSSR count). The topological polar surface area (TPSA) is 30.5 Å². The third kappa shape index (κ3) is 5.72. The summed E-state index contributed by atoms with van der Waals surface area (Å²) in [5.74, 6) is 0.702. The molecule has 3 heteroatoms. The molecule has 108 valence electrons. The highest BCUT2D eigenvalue weighted by Crippen LogP contribution is 2.10. The number of hydrogen-bond acceptors (Lipinski definition) is 3. The van der Waals surface area contributed by atoms with Gasteiger partial charge < -0.3 is 14.8 Å². The second-order valence-electron chi connectivity index (χ2n) is 5.42. The molecular formula is C16H27NO2. The van der Waals surface area contributed by atoms with Crippen LogP contribution in [0, 0.1) is 5.92 Å². The average molecular weight is 265 g/mol. The summed E-state index contributed by atoms with van der Waals surface area (Å²) in [5.41, 5.74) is 2.68. The van der Waals surface area contributed by atoms with Gasteiger partial charge in [-0.3, -0.25) is 0 Å². The van der Waals surface area contributed by atoms with Crippen LogP contribution in [0.25, 0.3) is 0 Å². The Kier molecular flexibility index (Phi) is 7.06. The molecule has 0 aromatic heterocycles. The van der Waals surface area contributed by atoms with E-state index in [1.165, 1.54) is 11.1 Å². The van der Waals surface area contributed by atoms with Crippen molar-refractivity contribution < 1.29 is 9.47 Å². The number of hydrogen-bond donors (Lipinski definition) is 1. The maximum Gasteiger partial charge on any atom is 0.171 e. The predicted molar refractivity (Wildman–Crippen MR) is 79.1 cm³/mol. The lowest BCUT2D eigenvalue weighted by Gasteiger charge is -2.22. The Labute approximate surface area is 117 Å². The van der Waals surface area contributed by atoms with Crippen LogP contribution >= 0.6 is 0 Å². The monoisotopic (exact) mass is 265 g/mol. The Morgan fingerprint density at radius 1 is 0.947 bits per heavy atom. The fraction of sp³-hybridized carbons (Fsp3) is 0.625. The van der Waals surface area contributed by atoms with Crippen molar-refractivity contribution in [1.29, 1.82) is 0 Å². The first kappa shape index (κ1) is 16.2. The molecule has 0 saturated heterocycles. The number of benzene rings is 1. The van der Waals surface area contributed by atoms with Crippen LogP contribution in [-0.4, -0.2) is 26.6 Å². The second kappa shape index (κ2) is 8.31. The smallest absolute Gasteiger partial charge is 0.171 e. The molecule has 0 heterocycles. The standard InChI is InChI=1S/C16H27NO2/c1-12(2)10-14-6-8-15(9-7-14)11-17-13(3)16(18-4)19-5/h6-9,12-13,16-17H,10-11H2,1-5H3. The Balaban J connectivity index is 2.45. The summed E-state index contributed by atoms with van der Waals surface area (Å²) in [4.78, 5) is 0. The van der Waals surface area contributed by atoms with E-state index < -0.39 is 0 Å². The largest absolute Gasteiger partial charge is 0.354 e. The first-order chi connectivity index (χ1) is 9.06. The minimum atomic E-state index is -0.208. The molecular weight excluding hydrogens is 238 g/mol. The van der Waals surface area contributed by atoms with E-state index in [0.29, 0.717) is 5.92 Å². The van der Waals surface area contributed by atoms with Crippen molar-refractivity contribution in [2.24, 2.45) is 5.92 Å². The van der Waals surface area contributed by atoms with E-state index >= 15 is 0 Å². The quantitative estimate of drug-likeness (QED) is 0.733. The van der Waals surface area contributed by atoms with Gasteiger partial charge in [0.1, 0.15) is 0 Å². The minimum absolute atomic E-state index is 0.158. The van der Waals surface area contributed by atoms with Crippen molar-refractivity contribution in [2.45, 2.75) is 46.1 Å². The number of ether oxygens (including phenoxy) is 2. The normalized spacial score (nSPS) is 13.2. The van der Waals surface area contributed by atoms with Gasteiger partial charge in [-0.05, 0) is 30.4 Å². The van der Waals surface area contributed by atoms with Crippen molar-refractivity contribution in [3.05, 3.63) is 35.4 Å². The van der Waals surface area contributed by atoms with Crippen LogP contribution in [0.1, 0.15) is 31.9 Å². The summed E-state index contributed by atoms with van der Waals surface area (Å²) in [6, 6.07) is 8.96. The third-order valence-electron chi connectivity index (χ3n) is 3.17. The van der Waals surface area contributed by atoms with Gasteiger partial charge in [-0.15, -0.1) is 0 Å². The summed E-state index contributed by atoms with van der Waals surface area (Å²) < 4.78 is 10.5. The van der Waals surface area contributed by atoms with Gasteiger partial charge in [-0.1, -0.05) is 38.1 Å². The highest BCUT2D eigenvalue weighted by molar-refractivity contribution is 5.22. The molecule has 0 amide bonds. The molecule has 1 aromatic rings. The zero-order valence-corrected chi connectivity index (χ0v) is 12.8. The van der Waals surface area contributed by atoms with Crippen LogP contribution in [0.2, 0.25) is 0 Å². The fourth-order valence-corrected chi connectivity index (χ4v) is 2.14. The predicted octanol–water partition coefficient (Wildman–Crippen LogP) is 2.98. The van der Waals surface area contributed by atoms with Gasteiger partial charge >= 0.3 is 0 Å². The highest BCUT2D eigenvalue weighted by atomic mass is 16.7. The van der Waals surface area contributed by atoms with Crippen LogP contribution in [0.5, 0.6) is 0 Å². The second-order valence-corrected chi connectivity index (χ2v) is 5.42. The van der Waals surface area contributed by atoms with Gasteiger partial charge in [-0.25, -0.2) is 0 Å². The Hall–Kier alpha value is -0.900.